The second kappa shape index (κ2) is 7.76. The molecule has 6 heteroatoms. The van der Waals surface area contributed by atoms with Gasteiger partial charge in [0.05, 0.1) is 18.7 Å². The summed E-state index contributed by atoms with van der Waals surface area (Å²) in [5, 5.41) is 15.9. The van der Waals surface area contributed by atoms with E-state index in [2.05, 4.69) is 10.3 Å². The number of amides is 1. The molecular weight excluding hydrogens is 351 g/mol. The van der Waals surface area contributed by atoms with Gasteiger partial charge in [-0.1, -0.05) is 42.5 Å². The summed E-state index contributed by atoms with van der Waals surface area (Å²) < 4.78 is 13.0. The van der Waals surface area contributed by atoms with Crippen molar-refractivity contribution in [2.75, 3.05) is 6.54 Å². The second-order valence-electron chi connectivity index (χ2n) is 6.24. The summed E-state index contributed by atoms with van der Waals surface area (Å²) in [6, 6.07) is 15.4. The van der Waals surface area contributed by atoms with Crippen molar-refractivity contribution in [3.63, 3.8) is 0 Å². The molecule has 0 aliphatic rings. The Morgan fingerprint density at radius 1 is 1.19 bits per heavy atom. The van der Waals surface area contributed by atoms with E-state index in [4.69, 9.17) is 0 Å². The SMILES string of the molecule is CC(O)(CNC(=O)Cc1csc(-c2ccccc2)n1)c1ccc(F)cc1. The van der Waals surface area contributed by atoms with Crippen LogP contribution in [0.4, 0.5) is 4.39 Å². The summed E-state index contributed by atoms with van der Waals surface area (Å²) in [4.78, 5) is 16.7. The lowest BCUT2D eigenvalue weighted by Gasteiger charge is -2.24. The highest BCUT2D eigenvalue weighted by Gasteiger charge is 2.24. The molecule has 0 aliphatic heterocycles. The summed E-state index contributed by atoms with van der Waals surface area (Å²) in [6.45, 7) is 1.62. The Balaban J connectivity index is 1.57. The topological polar surface area (TPSA) is 62.2 Å². The number of nitrogens with one attached hydrogen (secondary N) is 1. The van der Waals surface area contributed by atoms with Crippen LogP contribution in [0.25, 0.3) is 10.6 Å². The number of hydrogen-bond donors (Lipinski definition) is 2. The molecule has 1 atom stereocenters. The predicted octanol–water partition coefficient (Wildman–Crippen LogP) is 3.52. The van der Waals surface area contributed by atoms with E-state index in [0.29, 0.717) is 11.3 Å². The van der Waals surface area contributed by atoms with Crippen LogP contribution < -0.4 is 5.32 Å². The van der Waals surface area contributed by atoms with Gasteiger partial charge in [0.15, 0.2) is 0 Å². The van der Waals surface area contributed by atoms with Crippen molar-refractivity contribution in [2.24, 2.45) is 0 Å². The molecular formula is C20H19FN2O2S. The van der Waals surface area contributed by atoms with Crippen molar-refractivity contribution in [1.29, 1.82) is 0 Å². The first-order chi connectivity index (χ1) is 12.4. The molecule has 0 bridgehead atoms. The van der Waals surface area contributed by atoms with Crippen LogP contribution in [0, 0.1) is 5.82 Å². The minimum atomic E-state index is -1.28. The van der Waals surface area contributed by atoms with Gasteiger partial charge in [-0.2, -0.15) is 0 Å². The van der Waals surface area contributed by atoms with Gasteiger partial charge in [0.25, 0.3) is 0 Å². The maximum Gasteiger partial charge on any atom is 0.226 e. The predicted molar refractivity (Wildman–Crippen MR) is 100 cm³/mol. The molecule has 0 spiro atoms. The fourth-order valence-corrected chi connectivity index (χ4v) is 3.34. The number of rotatable bonds is 6. The first-order valence-corrected chi connectivity index (χ1v) is 9.07. The van der Waals surface area contributed by atoms with Gasteiger partial charge in [0, 0.05) is 10.9 Å². The van der Waals surface area contributed by atoms with Crippen LogP contribution in [0.5, 0.6) is 0 Å². The third-order valence-corrected chi connectivity index (χ3v) is 4.95. The van der Waals surface area contributed by atoms with Crippen LogP contribution in [0.3, 0.4) is 0 Å². The van der Waals surface area contributed by atoms with Gasteiger partial charge in [0.1, 0.15) is 16.4 Å². The summed E-state index contributed by atoms with van der Waals surface area (Å²) >= 11 is 1.49. The third-order valence-electron chi connectivity index (χ3n) is 4.01. The van der Waals surface area contributed by atoms with E-state index >= 15 is 0 Å². The van der Waals surface area contributed by atoms with Crippen molar-refractivity contribution in [3.8, 4) is 10.6 Å². The van der Waals surface area contributed by atoms with Gasteiger partial charge in [-0.3, -0.25) is 4.79 Å². The molecule has 1 amide bonds. The first kappa shape index (κ1) is 18.2. The van der Waals surface area contributed by atoms with Gasteiger partial charge in [-0.25, -0.2) is 9.37 Å². The van der Waals surface area contributed by atoms with Crippen LogP contribution in [0.15, 0.2) is 60.0 Å². The average Bonchev–Trinajstić information content (AvgIpc) is 3.10. The van der Waals surface area contributed by atoms with Crippen molar-refractivity contribution >= 4 is 17.2 Å². The van der Waals surface area contributed by atoms with Crippen LogP contribution in [0.1, 0.15) is 18.2 Å². The highest BCUT2D eigenvalue weighted by Crippen LogP contribution is 2.23. The highest BCUT2D eigenvalue weighted by atomic mass is 32.1. The number of aliphatic hydroxyl groups is 1. The normalized spacial score (nSPS) is 13.2. The zero-order valence-electron chi connectivity index (χ0n) is 14.3. The molecule has 0 saturated heterocycles. The maximum absolute atomic E-state index is 13.0. The molecule has 0 saturated carbocycles. The molecule has 0 fully saturated rings. The highest BCUT2D eigenvalue weighted by molar-refractivity contribution is 7.13. The largest absolute Gasteiger partial charge is 0.384 e. The van der Waals surface area contributed by atoms with Gasteiger partial charge < -0.3 is 10.4 Å². The number of thiazole rings is 1. The summed E-state index contributed by atoms with van der Waals surface area (Å²) in [6.07, 6.45) is 0.142. The molecule has 134 valence electrons. The van der Waals surface area contributed by atoms with Gasteiger partial charge in [0.2, 0.25) is 5.91 Å². The molecule has 1 heterocycles. The van der Waals surface area contributed by atoms with Crippen LogP contribution in [-0.4, -0.2) is 22.5 Å². The quantitative estimate of drug-likeness (QED) is 0.698. The zero-order valence-corrected chi connectivity index (χ0v) is 15.1. The van der Waals surface area contributed by atoms with Gasteiger partial charge in [-0.05, 0) is 24.6 Å². The summed E-state index contributed by atoms with van der Waals surface area (Å²) in [7, 11) is 0. The van der Waals surface area contributed by atoms with E-state index in [1.165, 1.54) is 35.6 Å². The molecule has 3 aromatic rings. The standard InChI is InChI=1S/C20H19FN2O2S/c1-20(25,15-7-9-16(21)10-8-15)13-22-18(24)11-17-12-26-19(23-17)14-5-3-2-4-6-14/h2-10,12,25H,11,13H2,1H3,(H,22,24). The van der Waals surface area contributed by atoms with Crippen molar-refractivity contribution in [1.82, 2.24) is 10.3 Å². The smallest absolute Gasteiger partial charge is 0.226 e. The molecule has 2 aromatic carbocycles. The number of nitrogens with zero attached hydrogens (tertiary/aromatic N) is 1. The minimum Gasteiger partial charge on any atom is -0.384 e. The average molecular weight is 370 g/mol. The molecule has 4 nitrogen and oxygen atoms in total. The van der Waals surface area contributed by atoms with Crippen LogP contribution in [0.2, 0.25) is 0 Å². The van der Waals surface area contributed by atoms with Gasteiger partial charge in [-0.15, -0.1) is 11.3 Å². The Kier molecular flexibility index (Phi) is 5.44. The van der Waals surface area contributed by atoms with Crippen molar-refractivity contribution in [2.45, 2.75) is 18.9 Å². The Morgan fingerprint density at radius 3 is 2.58 bits per heavy atom. The minimum absolute atomic E-state index is 0.0349. The fourth-order valence-electron chi connectivity index (χ4n) is 2.51. The molecule has 3 rings (SSSR count). The van der Waals surface area contributed by atoms with Crippen molar-refractivity contribution < 1.29 is 14.3 Å². The van der Waals surface area contributed by atoms with Gasteiger partial charge >= 0.3 is 0 Å². The number of carbonyl (C=O) groups excluding carboxylic acids is 1. The third kappa shape index (κ3) is 4.53. The van der Waals surface area contributed by atoms with Crippen LogP contribution in [-0.2, 0) is 16.8 Å². The lowest BCUT2D eigenvalue weighted by molar-refractivity contribution is -0.121. The number of aromatic nitrogens is 1. The second-order valence-corrected chi connectivity index (χ2v) is 7.10. The lowest BCUT2D eigenvalue weighted by Crippen LogP contribution is -2.39. The van der Waals surface area contributed by atoms with E-state index in [9.17, 15) is 14.3 Å². The van der Waals surface area contributed by atoms with E-state index in [1.807, 2.05) is 35.7 Å². The summed E-state index contributed by atoms with van der Waals surface area (Å²) in [5.74, 6) is -0.594. The van der Waals surface area contributed by atoms with E-state index in [1.54, 1.807) is 6.92 Å². The lowest BCUT2D eigenvalue weighted by atomic mass is 9.96. The number of hydrogen-bond acceptors (Lipinski definition) is 4. The van der Waals surface area contributed by atoms with E-state index < -0.39 is 5.60 Å². The van der Waals surface area contributed by atoms with E-state index in [-0.39, 0.29) is 24.7 Å². The van der Waals surface area contributed by atoms with E-state index in [0.717, 1.165) is 10.6 Å². The Hall–Kier alpha value is -2.57. The Labute approximate surface area is 155 Å². The zero-order chi connectivity index (χ0) is 18.6. The number of halogens is 1. The summed E-state index contributed by atoms with van der Waals surface area (Å²) in [5.41, 5.74) is 0.969. The molecule has 0 radical (unpaired) electrons. The van der Waals surface area contributed by atoms with Crippen LogP contribution >= 0.6 is 11.3 Å². The number of benzene rings is 2. The monoisotopic (exact) mass is 370 g/mol. The molecule has 1 unspecified atom stereocenters. The molecule has 0 aliphatic carbocycles. The fraction of sp³-hybridized carbons (Fsp3) is 0.200. The maximum atomic E-state index is 13.0. The van der Waals surface area contributed by atoms with Crippen molar-refractivity contribution in [3.05, 3.63) is 77.1 Å². The molecule has 1 aromatic heterocycles. The Morgan fingerprint density at radius 2 is 1.88 bits per heavy atom. The Bertz CT molecular complexity index is 876. The molecule has 2 N–H and O–H groups in total. The first-order valence-electron chi connectivity index (χ1n) is 8.19. The number of carbonyl (C=O) groups is 1. The molecule has 26 heavy (non-hydrogen) atoms.